The smallest absolute Gasteiger partial charge is 0.145 e. The Balaban J connectivity index is 2.17. The summed E-state index contributed by atoms with van der Waals surface area (Å²) in [7, 11) is 0. The third-order valence-corrected chi connectivity index (χ3v) is 2.55. The summed E-state index contributed by atoms with van der Waals surface area (Å²) in [4.78, 5) is 0. The van der Waals surface area contributed by atoms with E-state index in [1.165, 1.54) is 0 Å². The lowest BCUT2D eigenvalue weighted by Crippen LogP contribution is -2.02. The molecule has 0 bridgehead atoms. The van der Waals surface area contributed by atoms with Gasteiger partial charge in [-0.2, -0.15) is 0 Å². The molecule has 0 aliphatic carbocycles. The molecule has 2 aromatic rings. The Morgan fingerprint density at radius 2 is 2.00 bits per heavy atom. The standard InChI is InChI=1S/C12H15N3O2/c1-7-4-8(2)12(10(13)5-7)16-6-11-9(3)14-17-15-11/h4-5H,6,13H2,1-3H3. The Labute approximate surface area is 99.5 Å². The number of ether oxygens (including phenoxy) is 1. The average molecular weight is 233 g/mol. The van der Waals surface area contributed by atoms with Gasteiger partial charge in [0.1, 0.15) is 23.7 Å². The lowest BCUT2D eigenvalue weighted by atomic mass is 10.1. The minimum absolute atomic E-state index is 0.309. The highest BCUT2D eigenvalue weighted by Crippen LogP contribution is 2.28. The Kier molecular flexibility index (Phi) is 2.99. The van der Waals surface area contributed by atoms with Crippen molar-refractivity contribution < 1.29 is 9.37 Å². The molecule has 90 valence electrons. The molecule has 0 aliphatic rings. The number of hydrogen-bond acceptors (Lipinski definition) is 5. The van der Waals surface area contributed by atoms with Gasteiger partial charge in [-0.25, -0.2) is 4.63 Å². The Hall–Kier alpha value is -2.04. The molecule has 0 saturated carbocycles. The van der Waals surface area contributed by atoms with Crippen LogP contribution in [0.2, 0.25) is 0 Å². The molecule has 0 atom stereocenters. The van der Waals surface area contributed by atoms with Gasteiger partial charge in [-0.1, -0.05) is 16.4 Å². The second kappa shape index (κ2) is 4.45. The highest BCUT2D eigenvalue weighted by molar-refractivity contribution is 5.58. The summed E-state index contributed by atoms with van der Waals surface area (Å²) in [5.41, 5.74) is 10.1. The van der Waals surface area contributed by atoms with Crippen molar-refractivity contribution in [3.63, 3.8) is 0 Å². The van der Waals surface area contributed by atoms with Crippen molar-refractivity contribution in [1.29, 1.82) is 0 Å². The molecule has 0 saturated heterocycles. The lowest BCUT2D eigenvalue weighted by molar-refractivity contribution is 0.270. The van der Waals surface area contributed by atoms with E-state index in [0.717, 1.165) is 16.8 Å². The van der Waals surface area contributed by atoms with Crippen LogP contribution in [0.1, 0.15) is 22.5 Å². The second-order valence-corrected chi connectivity index (χ2v) is 4.09. The Morgan fingerprint density at radius 3 is 2.59 bits per heavy atom. The number of aromatic nitrogens is 2. The van der Waals surface area contributed by atoms with E-state index in [-0.39, 0.29) is 0 Å². The van der Waals surface area contributed by atoms with Crippen LogP contribution in [0.4, 0.5) is 5.69 Å². The first-order valence-electron chi connectivity index (χ1n) is 5.35. The molecule has 1 heterocycles. The summed E-state index contributed by atoms with van der Waals surface area (Å²) < 4.78 is 10.3. The summed E-state index contributed by atoms with van der Waals surface area (Å²) in [6.45, 7) is 6.09. The molecule has 5 nitrogen and oxygen atoms in total. The fourth-order valence-electron chi connectivity index (χ4n) is 1.71. The van der Waals surface area contributed by atoms with Crippen molar-refractivity contribution in [3.05, 3.63) is 34.6 Å². The molecule has 0 fully saturated rings. The van der Waals surface area contributed by atoms with Crippen LogP contribution in [0.15, 0.2) is 16.8 Å². The quantitative estimate of drug-likeness (QED) is 0.822. The maximum absolute atomic E-state index is 5.92. The molecule has 0 unspecified atom stereocenters. The molecule has 5 heteroatoms. The molecule has 17 heavy (non-hydrogen) atoms. The first-order valence-corrected chi connectivity index (χ1v) is 5.35. The van der Waals surface area contributed by atoms with Crippen LogP contribution in [-0.4, -0.2) is 10.3 Å². The Bertz CT molecular complexity index is 511. The maximum Gasteiger partial charge on any atom is 0.145 e. The number of hydrogen-bond donors (Lipinski definition) is 1. The first-order chi connectivity index (χ1) is 8.08. The molecule has 0 radical (unpaired) electrons. The third-order valence-electron chi connectivity index (χ3n) is 2.55. The third kappa shape index (κ3) is 2.38. The van der Waals surface area contributed by atoms with Gasteiger partial charge in [-0.3, -0.25) is 0 Å². The van der Waals surface area contributed by atoms with E-state index in [0.29, 0.717) is 23.7 Å². The van der Waals surface area contributed by atoms with Crippen LogP contribution in [-0.2, 0) is 6.61 Å². The van der Waals surface area contributed by atoms with Crippen LogP contribution in [0.3, 0.4) is 0 Å². The largest absolute Gasteiger partial charge is 0.485 e. The first kappa shape index (κ1) is 11.4. The molecular weight excluding hydrogens is 218 g/mol. The summed E-state index contributed by atoms with van der Waals surface area (Å²) >= 11 is 0. The SMILES string of the molecule is Cc1cc(C)c(OCc2nonc2C)c(N)c1. The molecule has 0 spiro atoms. The normalized spacial score (nSPS) is 10.5. The van der Waals surface area contributed by atoms with Crippen molar-refractivity contribution in [3.8, 4) is 5.75 Å². The highest BCUT2D eigenvalue weighted by atomic mass is 16.6. The van der Waals surface area contributed by atoms with E-state index in [9.17, 15) is 0 Å². The van der Waals surface area contributed by atoms with Gasteiger partial charge in [0.15, 0.2) is 0 Å². The zero-order valence-corrected chi connectivity index (χ0v) is 10.2. The summed E-state index contributed by atoms with van der Waals surface area (Å²) in [6.07, 6.45) is 0. The van der Waals surface area contributed by atoms with Crippen molar-refractivity contribution >= 4 is 5.69 Å². The Morgan fingerprint density at radius 1 is 1.24 bits per heavy atom. The second-order valence-electron chi connectivity index (χ2n) is 4.09. The molecule has 2 N–H and O–H groups in total. The number of anilines is 1. The fourth-order valence-corrected chi connectivity index (χ4v) is 1.71. The average Bonchev–Trinajstić information content (AvgIpc) is 2.62. The molecule has 2 rings (SSSR count). The van der Waals surface area contributed by atoms with Gasteiger partial charge in [0.25, 0.3) is 0 Å². The zero-order valence-electron chi connectivity index (χ0n) is 10.2. The van der Waals surface area contributed by atoms with Crippen LogP contribution < -0.4 is 10.5 Å². The minimum Gasteiger partial charge on any atom is -0.485 e. The van der Waals surface area contributed by atoms with Crippen molar-refractivity contribution in [2.45, 2.75) is 27.4 Å². The molecule has 0 aliphatic heterocycles. The van der Waals surface area contributed by atoms with E-state index < -0.39 is 0 Å². The number of benzene rings is 1. The van der Waals surface area contributed by atoms with Crippen LogP contribution in [0, 0.1) is 20.8 Å². The predicted octanol–water partition coefficient (Wildman–Crippen LogP) is 2.16. The van der Waals surface area contributed by atoms with Crippen molar-refractivity contribution in [2.24, 2.45) is 0 Å². The van der Waals surface area contributed by atoms with Gasteiger partial charge in [0.05, 0.1) is 5.69 Å². The predicted molar refractivity (Wildman–Crippen MR) is 63.7 cm³/mol. The molecular formula is C12H15N3O2. The fraction of sp³-hybridized carbons (Fsp3) is 0.333. The molecule has 1 aromatic carbocycles. The zero-order chi connectivity index (χ0) is 12.4. The van der Waals surface area contributed by atoms with Gasteiger partial charge in [-0.15, -0.1) is 0 Å². The number of nitrogens with zero attached hydrogens (tertiary/aromatic N) is 2. The highest BCUT2D eigenvalue weighted by Gasteiger charge is 2.09. The van der Waals surface area contributed by atoms with Gasteiger partial charge >= 0.3 is 0 Å². The van der Waals surface area contributed by atoms with Crippen LogP contribution in [0.25, 0.3) is 0 Å². The number of aryl methyl sites for hydroxylation is 3. The van der Waals surface area contributed by atoms with Crippen LogP contribution >= 0.6 is 0 Å². The molecule has 1 aromatic heterocycles. The van der Waals surface area contributed by atoms with E-state index in [1.54, 1.807) is 0 Å². The van der Waals surface area contributed by atoms with E-state index in [2.05, 4.69) is 14.9 Å². The number of nitrogen functional groups attached to an aromatic ring is 1. The van der Waals surface area contributed by atoms with Gasteiger partial charge in [0.2, 0.25) is 0 Å². The number of rotatable bonds is 3. The number of nitrogens with two attached hydrogens (primary N) is 1. The monoisotopic (exact) mass is 233 g/mol. The topological polar surface area (TPSA) is 74.2 Å². The van der Waals surface area contributed by atoms with Crippen molar-refractivity contribution in [2.75, 3.05) is 5.73 Å². The van der Waals surface area contributed by atoms with E-state index >= 15 is 0 Å². The van der Waals surface area contributed by atoms with Gasteiger partial charge in [0, 0.05) is 0 Å². The van der Waals surface area contributed by atoms with Crippen LogP contribution in [0.5, 0.6) is 5.75 Å². The summed E-state index contributed by atoms with van der Waals surface area (Å²) in [5.74, 6) is 0.693. The van der Waals surface area contributed by atoms with Gasteiger partial charge < -0.3 is 10.5 Å². The molecule has 0 amide bonds. The minimum atomic E-state index is 0.309. The van der Waals surface area contributed by atoms with Gasteiger partial charge in [-0.05, 0) is 38.0 Å². The van der Waals surface area contributed by atoms with E-state index in [1.807, 2.05) is 32.9 Å². The summed E-state index contributed by atoms with van der Waals surface area (Å²) in [5, 5.41) is 7.45. The summed E-state index contributed by atoms with van der Waals surface area (Å²) in [6, 6.07) is 3.91. The maximum atomic E-state index is 5.92. The lowest BCUT2D eigenvalue weighted by Gasteiger charge is -2.11. The van der Waals surface area contributed by atoms with Crippen molar-refractivity contribution in [1.82, 2.24) is 10.3 Å². The van der Waals surface area contributed by atoms with E-state index in [4.69, 9.17) is 10.5 Å².